The third-order valence-corrected chi connectivity index (χ3v) is 2.31. The molecular weight excluding hydrogens is 291 g/mol. The highest BCUT2D eigenvalue weighted by Gasteiger charge is 2.35. The van der Waals surface area contributed by atoms with Crippen LogP contribution in [0.4, 0.5) is 18.9 Å². The Morgan fingerprint density at radius 3 is 2.44 bits per heavy atom. The van der Waals surface area contributed by atoms with E-state index in [-0.39, 0.29) is 10.0 Å². The van der Waals surface area contributed by atoms with Gasteiger partial charge in [-0.3, -0.25) is 0 Å². The van der Waals surface area contributed by atoms with E-state index in [0.717, 1.165) is 13.2 Å². The molecule has 0 aliphatic carbocycles. The van der Waals surface area contributed by atoms with Crippen molar-refractivity contribution in [3.63, 3.8) is 0 Å². The fraction of sp³-hybridized carbons (Fsp3) is 0.222. The van der Waals surface area contributed by atoms with Gasteiger partial charge in [0.05, 0.1) is 23.9 Å². The third kappa shape index (κ3) is 2.46. The maximum Gasteiger partial charge on any atom is 0.418 e. The number of esters is 1. The highest BCUT2D eigenvalue weighted by Crippen LogP contribution is 2.37. The van der Waals surface area contributed by atoms with Gasteiger partial charge in [0, 0.05) is 4.47 Å². The van der Waals surface area contributed by atoms with Gasteiger partial charge in [0.15, 0.2) is 0 Å². The molecule has 3 nitrogen and oxygen atoms in total. The number of nitrogen functional groups attached to an aromatic ring is 1. The number of alkyl halides is 3. The van der Waals surface area contributed by atoms with E-state index in [1.54, 1.807) is 0 Å². The number of ether oxygens (including phenoxy) is 1. The van der Waals surface area contributed by atoms with E-state index in [1.807, 2.05) is 0 Å². The summed E-state index contributed by atoms with van der Waals surface area (Å²) in [5, 5.41) is 0. The first-order valence-electron chi connectivity index (χ1n) is 4.02. The van der Waals surface area contributed by atoms with Crippen LogP contribution in [0.3, 0.4) is 0 Å². The van der Waals surface area contributed by atoms with E-state index in [4.69, 9.17) is 5.73 Å². The molecular formula is C9H7BrF3NO2. The minimum absolute atomic E-state index is 0.106. The van der Waals surface area contributed by atoms with E-state index in [9.17, 15) is 18.0 Å². The van der Waals surface area contributed by atoms with Gasteiger partial charge in [0.2, 0.25) is 0 Å². The standard InChI is InChI=1S/C9H7BrF3NO2/c1-16-8(15)5-2-4(10)3-6(7(5)14)9(11,12)13/h2-3H,14H2,1H3. The van der Waals surface area contributed by atoms with Gasteiger partial charge < -0.3 is 10.5 Å². The van der Waals surface area contributed by atoms with Crippen LogP contribution in [0.1, 0.15) is 15.9 Å². The van der Waals surface area contributed by atoms with Crippen LogP contribution in [-0.4, -0.2) is 13.1 Å². The number of rotatable bonds is 1. The summed E-state index contributed by atoms with van der Waals surface area (Å²) in [5.41, 5.74) is 3.25. The maximum atomic E-state index is 12.5. The first kappa shape index (κ1) is 12.8. The molecule has 0 spiro atoms. The minimum atomic E-state index is -4.61. The molecule has 1 aromatic carbocycles. The lowest BCUT2D eigenvalue weighted by atomic mass is 10.1. The maximum absolute atomic E-state index is 12.5. The minimum Gasteiger partial charge on any atom is -0.465 e. The molecule has 0 fully saturated rings. The summed E-state index contributed by atoms with van der Waals surface area (Å²) in [6.45, 7) is 0. The summed E-state index contributed by atoms with van der Waals surface area (Å²) in [7, 11) is 1.07. The van der Waals surface area contributed by atoms with Crippen molar-refractivity contribution in [1.29, 1.82) is 0 Å². The zero-order valence-corrected chi connectivity index (χ0v) is 9.65. The van der Waals surface area contributed by atoms with Crippen LogP contribution in [0.25, 0.3) is 0 Å². The van der Waals surface area contributed by atoms with Crippen molar-refractivity contribution < 1.29 is 22.7 Å². The summed E-state index contributed by atoms with van der Waals surface area (Å²) in [6, 6.07) is 1.98. The Hall–Kier alpha value is -1.24. The Morgan fingerprint density at radius 2 is 2.00 bits per heavy atom. The molecule has 0 heterocycles. The highest BCUT2D eigenvalue weighted by atomic mass is 79.9. The Labute approximate surface area is 97.5 Å². The quantitative estimate of drug-likeness (QED) is 0.640. The number of hydrogen-bond donors (Lipinski definition) is 1. The lowest BCUT2D eigenvalue weighted by molar-refractivity contribution is -0.136. The van der Waals surface area contributed by atoms with Gasteiger partial charge in [0.25, 0.3) is 0 Å². The molecule has 2 N–H and O–H groups in total. The van der Waals surface area contributed by atoms with E-state index in [1.165, 1.54) is 6.07 Å². The van der Waals surface area contributed by atoms with Crippen molar-refractivity contribution >= 4 is 27.6 Å². The molecule has 16 heavy (non-hydrogen) atoms. The lowest BCUT2D eigenvalue weighted by Gasteiger charge is -2.13. The number of carbonyl (C=O) groups excluding carboxylic acids is 1. The SMILES string of the molecule is COC(=O)c1cc(Br)cc(C(F)(F)F)c1N. The van der Waals surface area contributed by atoms with Crippen LogP contribution in [0.15, 0.2) is 16.6 Å². The third-order valence-electron chi connectivity index (χ3n) is 1.86. The molecule has 0 aromatic heterocycles. The molecule has 0 saturated carbocycles. The van der Waals surface area contributed by atoms with E-state index in [0.29, 0.717) is 0 Å². The molecule has 0 aliphatic rings. The van der Waals surface area contributed by atoms with Crippen molar-refractivity contribution in [1.82, 2.24) is 0 Å². The normalized spacial score (nSPS) is 11.3. The zero-order valence-electron chi connectivity index (χ0n) is 8.06. The van der Waals surface area contributed by atoms with Gasteiger partial charge in [-0.15, -0.1) is 0 Å². The van der Waals surface area contributed by atoms with Gasteiger partial charge in [0.1, 0.15) is 0 Å². The van der Waals surface area contributed by atoms with E-state index >= 15 is 0 Å². The number of methoxy groups -OCH3 is 1. The second kappa shape index (κ2) is 4.32. The number of hydrogen-bond acceptors (Lipinski definition) is 3. The molecule has 1 rings (SSSR count). The predicted molar refractivity (Wildman–Crippen MR) is 54.9 cm³/mol. The van der Waals surface area contributed by atoms with Crippen LogP contribution in [0.2, 0.25) is 0 Å². The Kier molecular flexibility index (Phi) is 3.47. The second-order valence-corrected chi connectivity index (χ2v) is 3.82. The molecule has 0 atom stereocenters. The zero-order chi connectivity index (χ0) is 12.5. The number of carbonyl (C=O) groups is 1. The topological polar surface area (TPSA) is 52.3 Å². The number of anilines is 1. The first-order valence-corrected chi connectivity index (χ1v) is 4.81. The highest BCUT2D eigenvalue weighted by molar-refractivity contribution is 9.10. The number of benzene rings is 1. The fourth-order valence-electron chi connectivity index (χ4n) is 1.13. The molecule has 0 saturated heterocycles. The summed E-state index contributed by atoms with van der Waals surface area (Å²) in [4.78, 5) is 11.2. The number of nitrogens with two attached hydrogens (primary N) is 1. The second-order valence-electron chi connectivity index (χ2n) is 2.90. The average molecular weight is 298 g/mol. The van der Waals surface area contributed by atoms with Crippen molar-refractivity contribution in [2.75, 3.05) is 12.8 Å². The largest absolute Gasteiger partial charge is 0.465 e. The van der Waals surface area contributed by atoms with Gasteiger partial charge in [-0.25, -0.2) is 4.79 Å². The van der Waals surface area contributed by atoms with Crippen LogP contribution in [0.5, 0.6) is 0 Å². The summed E-state index contributed by atoms with van der Waals surface area (Å²) in [5.74, 6) is -0.913. The molecule has 0 aliphatic heterocycles. The molecule has 88 valence electrons. The van der Waals surface area contributed by atoms with Gasteiger partial charge in [-0.2, -0.15) is 13.2 Å². The average Bonchev–Trinajstić information content (AvgIpc) is 2.18. The lowest BCUT2D eigenvalue weighted by Crippen LogP contribution is -2.14. The fourth-order valence-corrected chi connectivity index (χ4v) is 1.59. The van der Waals surface area contributed by atoms with Crippen LogP contribution < -0.4 is 5.73 Å². The summed E-state index contributed by atoms with van der Waals surface area (Å²) < 4.78 is 42.0. The molecule has 0 radical (unpaired) electrons. The first-order chi connectivity index (χ1) is 7.27. The monoisotopic (exact) mass is 297 g/mol. The van der Waals surface area contributed by atoms with Crippen LogP contribution in [-0.2, 0) is 10.9 Å². The number of halogens is 4. The van der Waals surface area contributed by atoms with Gasteiger partial charge in [-0.1, -0.05) is 15.9 Å². The molecule has 0 bridgehead atoms. The van der Waals surface area contributed by atoms with Gasteiger partial charge in [-0.05, 0) is 12.1 Å². The Bertz CT molecular complexity index is 431. The summed E-state index contributed by atoms with van der Waals surface area (Å²) in [6.07, 6.45) is -4.61. The van der Waals surface area contributed by atoms with Crippen LogP contribution in [0, 0.1) is 0 Å². The Morgan fingerprint density at radius 1 is 1.44 bits per heavy atom. The van der Waals surface area contributed by atoms with E-state index < -0.39 is 23.4 Å². The van der Waals surface area contributed by atoms with Crippen molar-refractivity contribution in [2.45, 2.75) is 6.18 Å². The smallest absolute Gasteiger partial charge is 0.418 e. The predicted octanol–water partition coefficient (Wildman–Crippen LogP) is 2.84. The molecule has 7 heteroatoms. The molecule has 0 unspecified atom stereocenters. The van der Waals surface area contributed by atoms with Gasteiger partial charge >= 0.3 is 12.1 Å². The van der Waals surface area contributed by atoms with Crippen molar-refractivity contribution in [2.24, 2.45) is 0 Å². The van der Waals surface area contributed by atoms with Crippen LogP contribution >= 0.6 is 15.9 Å². The van der Waals surface area contributed by atoms with Crippen molar-refractivity contribution in [3.05, 3.63) is 27.7 Å². The molecule has 0 amide bonds. The molecule has 1 aromatic rings. The van der Waals surface area contributed by atoms with Crippen molar-refractivity contribution in [3.8, 4) is 0 Å². The Balaban J connectivity index is 3.44. The summed E-state index contributed by atoms with van der Waals surface area (Å²) >= 11 is 2.87. The van der Waals surface area contributed by atoms with E-state index in [2.05, 4.69) is 20.7 Å².